The molecule has 0 heterocycles. The maximum atomic E-state index is 2.25. The summed E-state index contributed by atoms with van der Waals surface area (Å²) in [6, 6.07) is 17.7. The predicted molar refractivity (Wildman–Crippen MR) is 83.2 cm³/mol. The average Bonchev–Trinajstić information content (AvgIpc) is 2.40. The van der Waals surface area contributed by atoms with E-state index in [4.69, 9.17) is 0 Å². The van der Waals surface area contributed by atoms with Crippen LogP contribution >= 0.6 is 11.8 Å². The molecule has 0 fully saturated rings. The molecule has 0 saturated carbocycles. The summed E-state index contributed by atoms with van der Waals surface area (Å²) in [6.45, 7) is 4.50. The molecule has 0 aromatic heterocycles. The summed E-state index contributed by atoms with van der Waals surface area (Å²) >= 11 is 1.86. The summed E-state index contributed by atoms with van der Waals surface area (Å²) in [5.41, 5.74) is 5.51. The van der Waals surface area contributed by atoms with Crippen LogP contribution in [0.3, 0.4) is 0 Å². The second-order valence-corrected chi connectivity index (χ2v) is 5.74. The van der Waals surface area contributed by atoms with Crippen molar-refractivity contribution >= 4 is 11.8 Å². The first-order valence-corrected chi connectivity index (χ1v) is 7.79. The number of thioether (sulfide) groups is 1. The van der Waals surface area contributed by atoms with Crippen molar-refractivity contribution in [1.82, 2.24) is 0 Å². The Bertz CT molecular complexity index is 497. The van der Waals surface area contributed by atoms with Crippen LogP contribution in [0.2, 0.25) is 0 Å². The Morgan fingerprint density at radius 1 is 0.944 bits per heavy atom. The highest BCUT2D eigenvalue weighted by molar-refractivity contribution is 7.97. The van der Waals surface area contributed by atoms with E-state index in [1.54, 1.807) is 0 Å². The minimum Gasteiger partial charge on any atom is -0.161 e. The lowest BCUT2D eigenvalue weighted by Crippen LogP contribution is -1.92. The molecule has 0 aliphatic rings. The van der Waals surface area contributed by atoms with Crippen molar-refractivity contribution in [2.75, 3.05) is 6.26 Å². The molecule has 0 N–H and O–H groups in total. The highest BCUT2D eigenvalue weighted by Gasteiger charge is 2.07. The highest BCUT2D eigenvalue weighted by atomic mass is 32.2. The van der Waals surface area contributed by atoms with Crippen molar-refractivity contribution in [1.29, 1.82) is 0 Å². The fraction of sp³-hybridized carbons (Fsp3) is 0.294. The van der Waals surface area contributed by atoms with Gasteiger partial charge in [0, 0.05) is 5.75 Å². The molecule has 94 valence electrons. The molecule has 0 radical (unpaired) electrons. The molecular weight excluding hydrogens is 236 g/mol. The van der Waals surface area contributed by atoms with Crippen LogP contribution in [0.15, 0.2) is 48.5 Å². The van der Waals surface area contributed by atoms with Gasteiger partial charge in [0.05, 0.1) is 0 Å². The summed E-state index contributed by atoms with van der Waals surface area (Å²) in [5.74, 6) is 1.65. The topological polar surface area (TPSA) is 0 Å². The molecule has 2 aromatic rings. The first-order chi connectivity index (χ1) is 8.72. The third kappa shape index (κ3) is 2.97. The lowest BCUT2D eigenvalue weighted by molar-refractivity contribution is 0.869. The number of benzene rings is 2. The van der Waals surface area contributed by atoms with Gasteiger partial charge in [-0.25, -0.2) is 0 Å². The van der Waals surface area contributed by atoms with Crippen molar-refractivity contribution < 1.29 is 0 Å². The molecule has 2 aromatic carbocycles. The van der Waals surface area contributed by atoms with E-state index in [9.17, 15) is 0 Å². The SMILES string of the molecule is CSCc1ccc(-c2ccccc2C(C)C)cc1. The fourth-order valence-electron chi connectivity index (χ4n) is 2.21. The lowest BCUT2D eigenvalue weighted by atomic mass is 9.92. The van der Waals surface area contributed by atoms with Crippen LogP contribution in [-0.2, 0) is 5.75 Å². The van der Waals surface area contributed by atoms with Crippen molar-refractivity contribution in [3.05, 3.63) is 59.7 Å². The van der Waals surface area contributed by atoms with Gasteiger partial charge in [0.1, 0.15) is 0 Å². The predicted octanol–water partition coefficient (Wildman–Crippen LogP) is 5.34. The van der Waals surface area contributed by atoms with E-state index in [0.29, 0.717) is 5.92 Å². The van der Waals surface area contributed by atoms with Crippen LogP contribution in [0.25, 0.3) is 11.1 Å². The van der Waals surface area contributed by atoms with Crippen LogP contribution in [-0.4, -0.2) is 6.26 Å². The zero-order valence-electron chi connectivity index (χ0n) is 11.3. The van der Waals surface area contributed by atoms with E-state index < -0.39 is 0 Å². The molecule has 0 aliphatic carbocycles. The summed E-state index contributed by atoms with van der Waals surface area (Å²) in [7, 11) is 0. The summed E-state index contributed by atoms with van der Waals surface area (Å²) < 4.78 is 0. The molecule has 1 heteroatoms. The Kier molecular flexibility index (Phi) is 4.48. The van der Waals surface area contributed by atoms with Gasteiger partial charge in [-0.1, -0.05) is 62.4 Å². The van der Waals surface area contributed by atoms with Gasteiger partial charge in [-0.15, -0.1) is 0 Å². The van der Waals surface area contributed by atoms with E-state index in [-0.39, 0.29) is 0 Å². The second kappa shape index (κ2) is 6.10. The third-order valence-corrected chi connectivity index (χ3v) is 3.78. The van der Waals surface area contributed by atoms with Gasteiger partial charge < -0.3 is 0 Å². The number of hydrogen-bond donors (Lipinski definition) is 0. The lowest BCUT2D eigenvalue weighted by Gasteiger charge is -2.13. The van der Waals surface area contributed by atoms with Crippen LogP contribution in [0.4, 0.5) is 0 Å². The first kappa shape index (κ1) is 13.2. The van der Waals surface area contributed by atoms with Crippen molar-refractivity contribution in [3.63, 3.8) is 0 Å². The summed E-state index contributed by atoms with van der Waals surface area (Å²) in [4.78, 5) is 0. The van der Waals surface area contributed by atoms with Gasteiger partial charge in [0.2, 0.25) is 0 Å². The van der Waals surface area contributed by atoms with Crippen LogP contribution < -0.4 is 0 Å². The molecule has 18 heavy (non-hydrogen) atoms. The summed E-state index contributed by atoms with van der Waals surface area (Å²) in [6.07, 6.45) is 2.14. The molecule has 0 unspecified atom stereocenters. The third-order valence-electron chi connectivity index (χ3n) is 3.16. The van der Waals surface area contributed by atoms with E-state index in [2.05, 4.69) is 68.6 Å². The quantitative estimate of drug-likeness (QED) is 0.711. The van der Waals surface area contributed by atoms with Gasteiger partial charge in [-0.3, -0.25) is 0 Å². The van der Waals surface area contributed by atoms with E-state index in [1.165, 1.54) is 22.3 Å². The van der Waals surface area contributed by atoms with Gasteiger partial charge in [-0.2, -0.15) is 11.8 Å². The molecule has 2 rings (SSSR count). The standard InChI is InChI=1S/C17H20S/c1-13(2)16-6-4-5-7-17(16)15-10-8-14(9-11-15)12-18-3/h4-11,13H,12H2,1-3H3. The van der Waals surface area contributed by atoms with Crippen LogP contribution in [0.5, 0.6) is 0 Å². The maximum absolute atomic E-state index is 2.25. The first-order valence-electron chi connectivity index (χ1n) is 6.39. The summed E-state index contributed by atoms with van der Waals surface area (Å²) in [5, 5.41) is 0. The van der Waals surface area contributed by atoms with E-state index >= 15 is 0 Å². The van der Waals surface area contributed by atoms with Crippen molar-refractivity contribution in [2.24, 2.45) is 0 Å². The number of hydrogen-bond acceptors (Lipinski definition) is 1. The molecule has 0 spiro atoms. The minimum absolute atomic E-state index is 0.562. The average molecular weight is 256 g/mol. The Balaban J connectivity index is 2.36. The van der Waals surface area contributed by atoms with Gasteiger partial charge >= 0.3 is 0 Å². The van der Waals surface area contributed by atoms with Crippen molar-refractivity contribution in [2.45, 2.75) is 25.5 Å². The Morgan fingerprint density at radius 2 is 1.61 bits per heavy atom. The molecule has 0 atom stereocenters. The smallest absolute Gasteiger partial charge is 0.0181 e. The monoisotopic (exact) mass is 256 g/mol. The van der Waals surface area contributed by atoms with Gasteiger partial charge in [-0.05, 0) is 34.4 Å². The van der Waals surface area contributed by atoms with Crippen molar-refractivity contribution in [3.8, 4) is 11.1 Å². The molecule has 0 nitrogen and oxygen atoms in total. The molecule has 0 bridgehead atoms. The van der Waals surface area contributed by atoms with Gasteiger partial charge in [0.15, 0.2) is 0 Å². The van der Waals surface area contributed by atoms with Crippen LogP contribution in [0, 0.1) is 0 Å². The van der Waals surface area contributed by atoms with Gasteiger partial charge in [0.25, 0.3) is 0 Å². The molecule has 0 amide bonds. The largest absolute Gasteiger partial charge is 0.161 e. The Labute approximate surface area is 114 Å². The maximum Gasteiger partial charge on any atom is 0.0181 e. The zero-order valence-corrected chi connectivity index (χ0v) is 12.1. The highest BCUT2D eigenvalue weighted by Crippen LogP contribution is 2.29. The minimum atomic E-state index is 0.562. The van der Waals surface area contributed by atoms with Crippen LogP contribution in [0.1, 0.15) is 30.9 Å². The molecule has 0 saturated heterocycles. The fourth-order valence-corrected chi connectivity index (χ4v) is 2.74. The zero-order chi connectivity index (χ0) is 13.0. The van der Waals surface area contributed by atoms with E-state index in [1.807, 2.05) is 11.8 Å². The number of rotatable bonds is 4. The molecule has 0 aliphatic heterocycles. The normalized spacial score (nSPS) is 10.9. The second-order valence-electron chi connectivity index (χ2n) is 4.87. The Morgan fingerprint density at radius 3 is 2.22 bits per heavy atom. The Hall–Kier alpha value is -1.21. The van der Waals surface area contributed by atoms with E-state index in [0.717, 1.165) is 5.75 Å². The molecular formula is C17H20S.